The van der Waals surface area contributed by atoms with E-state index in [1.807, 2.05) is 0 Å². The van der Waals surface area contributed by atoms with E-state index in [2.05, 4.69) is 4.99 Å². The Morgan fingerprint density at radius 3 is 2.59 bits per heavy atom. The molecule has 12 heteroatoms. The van der Waals surface area contributed by atoms with Gasteiger partial charge in [0.05, 0.1) is 40.0 Å². The quantitative estimate of drug-likeness (QED) is 0.180. The van der Waals surface area contributed by atoms with Crippen LogP contribution < -0.4 is 24.4 Å². The molecule has 2 heterocycles. The van der Waals surface area contributed by atoms with Crippen molar-refractivity contribution in [1.29, 1.82) is 0 Å². The van der Waals surface area contributed by atoms with Crippen molar-refractivity contribution in [2.24, 2.45) is 4.99 Å². The summed E-state index contributed by atoms with van der Waals surface area (Å²) in [6.07, 6.45) is 1.64. The summed E-state index contributed by atoms with van der Waals surface area (Å²) in [5.74, 6) is -0.564. The van der Waals surface area contributed by atoms with E-state index >= 15 is 0 Å². The fourth-order valence-corrected chi connectivity index (χ4v) is 5.24. The number of benzene rings is 2. The Labute approximate surface area is 226 Å². The first kappa shape index (κ1) is 27.5. The number of carbonyl (C=O) groups excluding carboxylic acids is 2. The third-order valence-corrected chi connectivity index (χ3v) is 6.72. The molecule has 39 heavy (non-hydrogen) atoms. The Hall–Kier alpha value is -4.58. The first-order valence-corrected chi connectivity index (χ1v) is 12.9. The van der Waals surface area contributed by atoms with Crippen LogP contribution >= 0.6 is 11.3 Å². The van der Waals surface area contributed by atoms with Gasteiger partial charge in [-0.2, -0.15) is 0 Å². The molecule has 0 radical (unpaired) electrons. The zero-order valence-electron chi connectivity index (χ0n) is 21.6. The van der Waals surface area contributed by atoms with Crippen molar-refractivity contribution in [3.63, 3.8) is 0 Å². The maximum Gasteiger partial charge on any atom is 0.338 e. The summed E-state index contributed by atoms with van der Waals surface area (Å²) in [5.41, 5.74) is 0.838. The number of ether oxygens (including phenoxy) is 3. The van der Waals surface area contributed by atoms with E-state index in [4.69, 9.17) is 14.2 Å². The second-order valence-electron chi connectivity index (χ2n) is 8.39. The third kappa shape index (κ3) is 5.65. The lowest BCUT2D eigenvalue weighted by atomic mass is 9.95. The number of allylic oxidation sites excluding steroid dienone is 1. The molecule has 0 fully saturated rings. The largest absolute Gasteiger partial charge is 0.490 e. The van der Waals surface area contributed by atoms with Crippen molar-refractivity contribution >= 4 is 35.0 Å². The van der Waals surface area contributed by atoms with Gasteiger partial charge in [0.1, 0.15) is 0 Å². The van der Waals surface area contributed by atoms with Gasteiger partial charge in [0.25, 0.3) is 11.2 Å². The molecule has 4 rings (SSSR count). The lowest BCUT2D eigenvalue weighted by Crippen LogP contribution is -2.40. The smallest absolute Gasteiger partial charge is 0.338 e. The van der Waals surface area contributed by atoms with Crippen LogP contribution in [0, 0.1) is 10.1 Å². The third-order valence-electron chi connectivity index (χ3n) is 5.73. The fourth-order valence-electron chi connectivity index (χ4n) is 4.19. The molecule has 3 aromatic rings. The summed E-state index contributed by atoms with van der Waals surface area (Å²) in [6, 6.07) is 9.71. The molecule has 1 atom stereocenters. The van der Waals surface area contributed by atoms with Crippen LogP contribution in [0.3, 0.4) is 0 Å². The van der Waals surface area contributed by atoms with Crippen molar-refractivity contribution in [2.75, 3.05) is 13.2 Å². The van der Waals surface area contributed by atoms with E-state index in [-0.39, 0.29) is 23.6 Å². The molecule has 1 aliphatic heterocycles. The Kier molecular flexibility index (Phi) is 8.05. The summed E-state index contributed by atoms with van der Waals surface area (Å²) in [6.45, 7) is 6.81. The van der Waals surface area contributed by atoms with Gasteiger partial charge in [0.15, 0.2) is 16.3 Å². The maximum absolute atomic E-state index is 13.7. The van der Waals surface area contributed by atoms with Gasteiger partial charge in [-0.25, -0.2) is 9.79 Å². The number of nitro benzene ring substituents is 1. The Morgan fingerprint density at radius 1 is 1.15 bits per heavy atom. The summed E-state index contributed by atoms with van der Waals surface area (Å²) < 4.78 is 17.7. The zero-order chi connectivity index (χ0) is 28.3. The molecule has 0 bridgehead atoms. The number of fused-ring (bicyclic) bond motifs is 1. The number of carbonyl (C=O) groups is 2. The molecule has 202 valence electrons. The minimum absolute atomic E-state index is 0.104. The van der Waals surface area contributed by atoms with Crippen LogP contribution in [0.1, 0.15) is 44.9 Å². The molecule has 0 saturated heterocycles. The van der Waals surface area contributed by atoms with Crippen molar-refractivity contribution in [1.82, 2.24) is 4.57 Å². The first-order chi connectivity index (χ1) is 18.6. The Balaban J connectivity index is 1.91. The number of hydrogen-bond donors (Lipinski definition) is 0. The summed E-state index contributed by atoms with van der Waals surface area (Å²) in [5, 5.41) is 11.5. The van der Waals surface area contributed by atoms with Crippen LogP contribution in [0.5, 0.6) is 11.5 Å². The molecule has 0 amide bonds. The first-order valence-electron chi connectivity index (χ1n) is 12.0. The second-order valence-corrected chi connectivity index (χ2v) is 9.40. The number of esters is 2. The van der Waals surface area contributed by atoms with E-state index < -0.39 is 28.5 Å². The van der Waals surface area contributed by atoms with Gasteiger partial charge < -0.3 is 14.2 Å². The molecule has 0 unspecified atom stereocenters. The fraction of sp³-hybridized carbons (Fsp3) is 0.259. The monoisotopic (exact) mass is 551 g/mol. The second kappa shape index (κ2) is 11.4. The average Bonchev–Trinajstić information content (AvgIpc) is 3.19. The number of non-ortho nitro benzene ring substituents is 1. The molecule has 0 spiro atoms. The number of nitro groups is 1. The molecule has 11 nitrogen and oxygen atoms in total. The zero-order valence-corrected chi connectivity index (χ0v) is 22.4. The van der Waals surface area contributed by atoms with E-state index in [1.54, 1.807) is 51.1 Å². The SMILES string of the molecule is CCOC(=O)C1=C(C)N=c2sc(=Cc3ccc(OC(C)=O)c(OCC)c3)c(=O)n2[C@H]1c1cccc([N+](=O)[O-])c1. The van der Waals surface area contributed by atoms with Gasteiger partial charge in [0, 0.05) is 19.1 Å². The predicted octanol–water partition coefficient (Wildman–Crippen LogP) is 3.03. The van der Waals surface area contributed by atoms with Crippen LogP contribution in [0.2, 0.25) is 0 Å². The van der Waals surface area contributed by atoms with Crippen molar-refractivity contribution in [3.8, 4) is 11.5 Å². The molecular formula is C27H25N3O8S. The number of aromatic nitrogens is 1. The molecule has 1 aliphatic rings. The number of rotatable bonds is 8. The molecule has 2 aromatic carbocycles. The molecule has 0 N–H and O–H groups in total. The molecule has 0 aliphatic carbocycles. The van der Waals surface area contributed by atoms with Gasteiger partial charge in [-0.05, 0) is 50.1 Å². The predicted molar refractivity (Wildman–Crippen MR) is 142 cm³/mol. The van der Waals surface area contributed by atoms with Gasteiger partial charge in [-0.1, -0.05) is 29.5 Å². The Bertz CT molecular complexity index is 1690. The minimum Gasteiger partial charge on any atom is -0.490 e. The standard InChI is InChI=1S/C27H25N3O8S/c1-5-36-21-12-17(10-11-20(21)38-16(4)31)13-22-25(32)29-24(18-8-7-9-19(14-18)30(34)35)23(26(33)37-6-2)15(3)28-27(29)39-22/h7-14,24H,5-6H2,1-4H3/t24-/m0/s1. The van der Waals surface area contributed by atoms with Gasteiger partial charge in [-0.15, -0.1) is 0 Å². The summed E-state index contributed by atoms with van der Waals surface area (Å²) in [7, 11) is 0. The van der Waals surface area contributed by atoms with Crippen LogP contribution in [0.25, 0.3) is 6.08 Å². The molecule has 1 aromatic heterocycles. The van der Waals surface area contributed by atoms with Crippen LogP contribution in [0.15, 0.2) is 63.5 Å². The van der Waals surface area contributed by atoms with Crippen LogP contribution in [0.4, 0.5) is 5.69 Å². The van der Waals surface area contributed by atoms with E-state index in [0.717, 1.165) is 11.3 Å². The Morgan fingerprint density at radius 2 is 1.92 bits per heavy atom. The summed E-state index contributed by atoms with van der Waals surface area (Å²) >= 11 is 1.11. The highest BCUT2D eigenvalue weighted by Crippen LogP contribution is 2.32. The summed E-state index contributed by atoms with van der Waals surface area (Å²) in [4.78, 5) is 53.9. The highest BCUT2D eigenvalue weighted by atomic mass is 32.1. The molecule has 0 saturated carbocycles. The lowest BCUT2D eigenvalue weighted by Gasteiger charge is -2.24. The van der Waals surface area contributed by atoms with Crippen LogP contribution in [-0.2, 0) is 14.3 Å². The highest BCUT2D eigenvalue weighted by molar-refractivity contribution is 7.07. The van der Waals surface area contributed by atoms with Gasteiger partial charge >= 0.3 is 11.9 Å². The highest BCUT2D eigenvalue weighted by Gasteiger charge is 2.34. The normalized spacial score (nSPS) is 14.9. The topological polar surface area (TPSA) is 139 Å². The number of hydrogen-bond acceptors (Lipinski definition) is 10. The van der Waals surface area contributed by atoms with Crippen molar-refractivity contribution < 1.29 is 28.7 Å². The number of nitrogens with zero attached hydrogens (tertiary/aromatic N) is 3. The lowest BCUT2D eigenvalue weighted by molar-refractivity contribution is -0.384. The number of thiazole rings is 1. The van der Waals surface area contributed by atoms with Gasteiger partial charge in [-0.3, -0.25) is 24.3 Å². The van der Waals surface area contributed by atoms with E-state index in [1.165, 1.54) is 29.7 Å². The van der Waals surface area contributed by atoms with Crippen molar-refractivity contribution in [3.05, 3.63) is 94.7 Å². The van der Waals surface area contributed by atoms with Gasteiger partial charge in [0.2, 0.25) is 0 Å². The average molecular weight is 552 g/mol. The minimum atomic E-state index is -0.979. The van der Waals surface area contributed by atoms with Crippen molar-refractivity contribution in [2.45, 2.75) is 33.7 Å². The van der Waals surface area contributed by atoms with E-state index in [0.29, 0.717) is 38.5 Å². The van der Waals surface area contributed by atoms with Crippen LogP contribution in [-0.4, -0.2) is 34.6 Å². The van der Waals surface area contributed by atoms with E-state index in [9.17, 15) is 24.5 Å². The maximum atomic E-state index is 13.7. The molecular weight excluding hydrogens is 526 g/mol.